The largest absolute Gasteiger partial charge is 0.392 e. The molecule has 3 rings (SSSR count). The average molecular weight is 393 g/mol. The summed E-state index contributed by atoms with van der Waals surface area (Å²) in [4.78, 5) is 29.3. The van der Waals surface area contributed by atoms with Crippen molar-refractivity contribution >= 4 is 11.8 Å². The molecule has 1 aromatic rings. The number of hydrogen-bond acceptors (Lipinski definition) is 6. The lowest BCUT2D eigenvalue weighted by Crippen LogP contribution is -2.52. The predicted molar refractivity (Wildman–Crippen MR) is 103 cm³/mol. The maximum atomic E-state index is 12.8. The number of piperidine rings is 1. The number of amides is 2. The van der Waals surface area contributed by atoms with E-state index in [0.29, 0.717) is 44.9 Å². The van der Waals surface area contributed by atoms with Crippen LogP contribution in [0.3, 0.4) is 0 Å². The summed E-state index contributed by atoms with van der Waals surface area (Å²) >= 11 is 0. The summed E-state index contributed by atoms with van der Waals surface area (Å²) in [5, 5.41) is 17.3. The molecule has 3 heterocycles. The van der Waals surface area contributed by atoms with Crippen molar-refractivity contribution in [3.8, 4) is 0 Å². The predicted octanol–water partition coefficient (Wildman–Crippen LogP) is -0.469. The smallest absolute Gasteiger partial charge is 0.272 e. The minimum Gasteiger partial charge on any atom is -0.392 e. The fraction of sp³-hybridized carbons (Fsp3) is 0.737. The molecule has 2 N–H and O–H groups in total. The molecule has 2 atom stereocenters. The normalized spacial score (nSPS) is 23.9. The molecule has 1 aromatic heterocycles. The second-order valence-corrected chi connectivity index (χ2v) is 7.70. The Morgan fingerprint density at radius 3 is 2.68 bits per heavy atom. The van der Waals surface area contributed by atoms with Crippen LogP contribution < -0.4 is 5.32 Å². The number of ether oxygens (including phenoxy) is 1. The van der Waals surface area contributed by atoms with Gasteiger partial charge in [0.25, 0.3) is 5.91 Å². The van der Waals surface area contributed by atoms with Gasteiger partial charge in [0.05, 0.1) is 24.4 Å². The highest BCUT2D eigenvalue weighted by molar-refractivity contribution is 5.92. The molecule has 2 fully saturated rings. The Morgan fingerprint density at radius 1 is 1.36 bits per heavy atom. The number of aryl methyl sites for hydroxylation is 2. The lowest BCUT2D eigenvalue weighted by molar-refractivity contribution is -0.126. The highest BCUT2D eigenvalue weighted by Crippen LogP contribution is 2.27. The number of aliphatic hydroxyl groups is 1. The molecule has 0 spiro atoms. The number of hydrogen-bond donors (Lipinski definition) is 2. The molecule has 0 aromatic carbocycles. The fourth-order valence-electron chi connectivity index (χ4n) is 4.27. The van der Waals surface area contributed by atoms with Crippen LogP contribution in [0.2, 0.25) is 0 Å². The summed E-state index contributed by atoms with van der Waals surface area (Å²) in [5.74, 6) is -0.0608. The molecule has 0 bridgehead atoms. The molecule has 156 valence electrons. The second-order valence-electron chi connectivity index (χ2n) is 7.70. The van der Waals surface area contributed by atoms with Crippen LogP contribution in [0.25, 0.3) is 0 Å². The van der Waals surface area contributed by atoms with E-state index in [2.05, 4.69) is 15.3 Å². The van der Waals surface area contributed by atoms with Crippen molar-refractivity contribution in [2.75, 3.05) is 39.9 Å². The van der Waals surface area contributed by atoms with Crippen LogP contribution in [0.15, 0.2) is 6.07 Å². The van der Waals surface area contributed by atoms with Gasteiger partial charge in [-0.2, -0.15) is 5.10 Å². The molecule has 28 heavy (non-hydrogen) atoms. The lowest BCUT2D eigenvalue weighted by Gasteiger charge is -2.38. The minimum atomic E-state index is -0.491. The Morgan fingerprint density at radius 2 is 2.07 bits per heavy atom. The number of carbonyl (C=O) groups excluding carboxylic acids is 2. The number of aromatic nitrogens is 2. The number of methoxy groups -OCH3 is 1. The highest BCUT2D eigenvalue weighted by Gasteiger charge is 2.41. The molecular formula is C19H31N5O4. The SMILES string of the molecule is COCCNC(=O)[C@@H]1C[C@@H](O)CN1C1CCN(C(=O)c2cc(C)nn2C)CC1. The first-order valence-electron chi connectivity index (χ1n) is 9.91. The van der Waals surface area contributed by atoms with Gasteiger partial charge in [0.2, 0.25) is 5.91 Å². The summed E-state index contributed by atoms with van der Waals surface area (Å²) < 4.78 is 6.60. The van der Waals surface area contributed by atoms with Crippen molar-refractivity contribution in [1.29, 1.82) is 0 Å². The molecule has 0 radical (unpaired) electrons. The summed E-state index contributed by atoms with van der Waals surface area (Å²) in [7, 11) is 3.38. The van der Waals surface area contributed by atoms with Crippen molar-refractivity contribution in [1.82, 2.24) is 24.9 Å². The van der Waals surface area contributed by atoms with Gasteiger partial charge in [-0.15, -0.1) is 0 Å². The van der Waals surface area contributed by atoms with Gasteiger partial charge in [-0.25, -0.2) is 0 Å². The Labute approximate surface area is 165 Å². The van der Waals surface area contributed by atoms with Crippen molar-refractivity contribution in [3.05, 3.63) is 17.5 Å². The van der Waals surface area contributed by atoms with E-state index in [1.165, 1.54) is 0 Å². The molecule has 9 heteroatoms. The Kier molecular flexibility index (Phi) is 6.69. The van der Waals surface area contributed by atoms with Gasteiger partial charge in [0, 0.05) is 46.4 Å². The average Bonchev–Trinajstić information content (AvgIpc) is 3.23. The van der Waals surface area contributed by atoms with Gasteiger partial charge >= 0.3 is 0 Å². The molecular weight excluding hydrogens is 362 g/mol. The van der Waals surface area contributed by atoms with Gasteiger partial charge in [0.1, 0.15) is 5.69 Å². The molecule has 0 saturated carbocycles. The summed E-state index contributed by atoms with van der Waals surface area (Å²) in [6.07, 6.45) is 1.54. The van der Waals surface area contributed by atoms with Gasteiger partial charge in [-0.1, -0.05) is 0 Å². The van der Waals surface area contributed by atoms with Crippen molar-refractivity contribution < 1.29 is 19.4 Å². The van der Waals surface area contributed by atoms with Gasteiger partial charge in [0.15, 0.2) is 0 Å². The first-order chi connectivity index (χ1) is 13.4. The second kappa shape index (κ2) is 9.02. The van der Waals surface area contributed by atoms with E-state index in [4.69, 9.17) is 4.74 Å². The van der Waals surface area contributed by atoms with Gasteiger partial charge < -0.3 is 20.1 Å². The Bertz CT molecular complexity index is 698. The number of carbonyl (C=O) groups is 2. The summed E-state index contributed by atoms with van der Waals surface area (Å²) in [6, 6.07) is 1.68. The van der Waals surface area contributed by atoms with Gasteiger partial charge in [-0.3, -0.25) is 19.2 Å². The number of nitrogens with zero attached hydrogens (tertiary/aromatic N) is 4. The molecule has 2 amide bonds. The quantitative estimate of drug-likeness (QED) is 0.634. The zero-order valence-corrected chi connectivity index (χ0v) is 16.9. The fourth-order valence-corrected chi connectivity index (χ4v) is 4.27. The third-order valence-electron chi connectivity index (χ3n) is 5.67. The van der Waals surface area contributed by atoms with Gasteiger partial charge in [-0.05, 0) is 32.3 Å². The summed E-state index contributed by atoms with van der Waals surface area (Å²) in [6.45, 7) is 4.58. The van der Waals surface area contributed by atoms with Crippen molar-refractivity contribution in [3.63, 3.8) is 0 Å². The topological polar surface area (TPSA) is 99.9 Å². The molecule has 2 saturated heterocycles. The Hall–Kier alpha value is -1.97. The molecule has 9 nitrogen and oxygen atoms in total. The number of β-amino-alcohol motifs (C(OH)–C–C–N with tert-alkyl or cyclic N) is 1. The van der Waals surface area contributed by atoms with Crippen molar-refractivity contribution in [2.45, 2.75) is 44.4 Å². The van der Waals surface area contributed by atoms with E-state index in [9.17, 15) is 14.7 Å². The van der Waals surface area contributed by atoms with E-state index in [0.717, 1.165) is 18.5 Å². The van der Waals surface area contributed by atoms with E-state index in [1.807, 2.05) is 17.9 Å². The highest BCUT2D eigenvalue weighted by atomic mass is 16.5. The molecule has 2 aliphatic rings. The van der Waals surface area contributed by atoms with Crippen LogP contribution in [0, 0.1) is 6.92 Å². The molecule has 0 aliphatic carbocycles. The van der Waals surface area contributed by atoms with Crippen LogP contribution in [-0.2, 0) is 16.6 Å². The Balaban J connectivity index is 1.57. The molecule has 2 aliphatic heterocycles. The monoisotopic (exact) mass is 393 g/mol. The first-order valence-corrected chi connectivity index (χ1v) is 9.91. The standard InChI is InChI=1S/C19H31N5O4/c1-13-10-17(22(2)21-13)19(27)23-7-4-14(5-8-23)24-12-15(25)11-16(24)18(26)20-6-9-28-3/h10,14-16,25H,4-9,11-12H2,1-3H3,(H,20,26)/t15-,16+/m1/s1. The van der Waals surface area contributed by atoms with Crippen molar-refractivity contribution in [2.24, 2.45) is 7.05 Å². The zero-order chi connectivity index (χ0) is 20.3. The lowest BCUT2D eigenvalue weighted by atomic mass is 10.0. The maximum Gasteiger partial charge on any atom is 0.272 e. The maximum absolute atomic E-state index is 12.8. The van der Waals surface area contributed by atoms with Crippen LogP contribution in [0.1, 0.15) is 35.4 Å². The van der Waals surface area contributed by atoms with Crippen LogP contribution in [0.4, 0.5) is 0 Å². The van der Waals surface area contributed by atoms with E-state index in [-0.39, 0.29) is 23.9 Å². The third-order valence-corrected chi connectivity index (χ3v) is 5.67. The van der Waals surface area contributed by atoms with E-state index in [1.54, 1.807) is 18.8 Å². The number of rotatable bonds is 6. The number of nitrogens with one attached hydrogen (secondary N) is 1. The number of aliphatic hydroxyl groups excluding tert-OH is 1. The third kappa shape index (κ3) is 4.53. The summed E-state index contributed by atoms with van der Waals surface area (Å²) in [5.41, 5.74) is 1.43. The van der Waals surface area contributed by atoms with E-state index >= 15 is 0 Å². The number of likely N-dealkylation sites (tertiary alicyclic amines) is 2. The van der Waals surface area contributed by atoms with E-state index < -0.39 is 6.10 Å². The van der Waals surface area contributed by atoms with Crippen LogP contribution >= 0.6 is 0 Å². The zero-order valence-electron chi connectivity index (χ0n) is 16.9. The first kappa shape index (κ1) is 20.8. The van der Waals surface area contributed by atoms with Crippen LogP contribution in [0.5, 0.6) is 0 Å². The minimum absolute atomic E-state index is 0.00290. The van der Waals surface area contributed by atoms with Crippen LogP contribution in [-0.4, -0.2) is 94.6 Å². The molecule has 0 unspecified atom stereocenters.